The molecule has 0 amide bonds. The zero-order chi connectivity index (χ0) is 20.9. The molecule has 0 fully saturated rings. The number of anilines is 1. The summed E-state index contributed by atoms with van der Waals surface area (Å²) in [5.74, 6) is 0.257. The van der Waals surface area contributed by atoms with Crippen LogP contribution in [0.1, 0.15) is 61.8 Å². The van der Waals surface area contributed by atoms with Gasteiger partial charge in [0.2, 0.25) is 0 Å². The lowest BCUT2D eigenvalue weighted by Gasteiger charge is -2.39. The van der Waals surface area contributed by atoms with Crippen LogP contribution in [0.4, 0.5) is 5.69 Å². The zero-order valence-corrected chi connectivity index (χ0v) is 18.9. The first-order chi connectivity index (χ1) is 13.8. The minimum Gasteiger partial charge on any atom is -0.358 e. The number of nitrogens with one attached hydrogen (secondary N) is 1. The molecule has 2 aliphatic rings. The number of carbonyl (C=O) groups excluding carboxylic acids is 1. The van der Waals surface area contributed by atoms with Crippen LogP contribution in [0.2, 0.25) is 0 Å². The lowest BCUT2D eigenvalue weighted by Crippen LogP contribution is -2.33. The number of fused-ring (bicyclic) bond motifs is 3. The van der Waals surface area contributed by atoms with E-state index in [9.17, 15) is 4.79 Å². The molecule has 0 radical (unpaired) electrons. The van der Waals surface area contributed by atoms with Crippen molar-refractivity contribution in [3.8, 4) is 0 Å². The van der Waals surface area contributed by atoms with Crippen LogP contribution in [-0.2, 0) is 11.8 Å². The van der Waals surface area contributed by atoms with Crippen molar-refractivity contribution in [1.29, 1.82) is 0 Å². The molecule has 0 saturated heterocycles. The maximum Gasteiger partial charge on any atom is 0.162 e. The highest BCUT2D eigenvalue weighted by atomic mass is 32.1. The van der Waals surface area contributed by atoms with Gasteiger partial charge in [0.25, 0.3) is 0 Å². The highest BCUT2D eigenvalue weighted by molar-refractivity contribution is 7.12. The van der Waals surface area contributed by atoms with Gasteiger partial charge >= 0.3 is 0 Å². The van der Waals surface area contributed by atoms with E-state index in [0.29, 0.717) is 6.42 Å². The Morgan fingerprint density at radius 1 is 1.17 bits per heavy atom. The molecule has 0 bridgehead atoms. The predicted octanol–water partition coefficient (Wildman–Crippen LogP) is 6.17. The fraction of sp³-hybridized carbons (Fsp3) is 0.417. The van der Waals surface area contributed by atoms with Gasteiger partial charge in [0.1, 0.15) is 0 Å². The Labute approximate surface area is 176 Å². The van der Waals surface area contributed by atoms with E-state index in [0.717, 1.165) is 34.3 Å². The molecule has 152 valence electrons. The molecule has 1 N–H and O–H groups in total. The van der Waals surface area contributed by atoms with Crippen LogP contribution >= 0.6 is 11.3 Å². The Kier molecular flexibility index (Phi) is 4.89. The van der Waals surface area contributed by atoms with Crippen LogP contribution in [0.5, 0.6) is 0 Å². The van der Waals surface area contributed by atoms with Crippen LogP contribution in [0.15, 0.2) is 41.7 Å². The molecule has 1 unspecified atom stereocenters. The maximum atomic E-state index is 13.3. The predicted molar refractivity (Wildman–Crippen MR) is 122 cm³/mol. The van der Waals surface area contributed by atoms with Crippen LogP contribution in [0.3, 0.4) is 0 Å². The molecular weight excluding hydrogens is 378 g/mol. The summed E-state index contributed by atoms with van der Waals surface area (Å²) in [5.41, 5.74) is 5.44. The number of ketones is 1. The molecule has 3 aromatic rings. The number of nitrogens with zero attached hydrogens (tertiary/aromatic N) is 2. The van der Waals surface area contributed by atoms with Crippen molar-refractivity contribution in [2.24, 2.45) is 12.5 Å². The fourth-order valence-electron chi connectivity index (χ4n) is 4.68. The minimum atomic E-state index is -0.0161. The minimum absolute atomic E-state index is 0.00698. The number of hydrogen-bond donors (Lipinski definition) is 1. The van der Waals surface area contributed by atoms with Crippen molar-refractivity contribution in [2.75, 3.05) is 5.32 Å². The molecule has 0 saturated carbocycles. The summed E-state index contributed by atoms with van der Waals surface area (Å²) in [4.78, 5) is 15.8. The average Bonchev–Trinajstić information content (AvgIpc) is 3.26. The topological polar surface area (TPSA) is 46.9 Å². The largest absolute Gasteiger partial charge is 0.358 e. The lowest BCUT2D eigenvalue weighted by molar-refractivity contribution is -0.118. The SMILES string of the molecule is CC.Cc1ccc(C2C3=C(CC(C)(C)CC3=O)Nc3ccc4cnn(C)c4c32)s1. The fourth-order valence-corrected chi connectivity index (χ4v) is 5.68. The lowest BCUT2D eigenvalue weighted by atomic mass is 9.69. The van der Waals surface area contributed by atoms with Gasteiger partial charge in [-0.3, -0.25) is 9.48 Å². The van der Waals surface area contributed by atoms with Gasteiger partial charge in [-0.25, -0.2) is 0 Å². The van der Waals surface area contributed by atoms with E-state index in [1.165, 1.54) is 15.3 Å². The van der Waals surface area contributed by atoms with Crippen molar-refractivity contribution in [3.05, 3.63) is 57.1 Å². The zero-order valence-electron chi connectivity index (χ0n) is 18.1. The molecule has 5 heteroatoms. The number of benzene rings is 1. The van der Waals surface area contributed by atoms with E-state index in [4.69, 9.17) is 0 Å². The molecule has 4 nitrogen and oxygen atoms in total. The average molecular weight is 408 g/mol. The molecule has 1 aromatic carbocycles. The third-order valence-electron chi connectivity index (χ3n) is 5.77. The van der Waals surface area contributed by atoms with Crippen molar-refractivity contribution in [3.63, 3.8) is 0 Å². The van der Waals surface area contributed by atoms with Gasteiger partial charge in [-0.2, -0.15) is 5.10 Å². The van der Waals surface area contributed by atoms with Gasteiger partial charge in [-0.05, 0) is 43.0 Å². The summed E-state index contributed by atoms with van der Waals surface area (Å²) in [7, 11) is 1.98. The number of thiophene rings is 1. The van der Waals surface area contributed by atoms with Crippen LogP contribution < -0.4 is 5.32 Å². The number of aromatic nitrogens is 2. The number of hydrogen-bond acceptors (Lipinski definition) is 4. The summed E-state index contributed by atoms with van der Waals surface area (Å²) in [6.45, 7) is 10.5. The van der Waals surface area contributed by atoms with Crippen LogP contribution in [-0.4, -0.2) is 15.6 Å². The van der Waals surface area contributed by atoms with Crippen molar-refractivity contribution in [2.45, 2.75) is 53.4 Å². The third-order valence-corrected chi connectivity index (χ3v) is 6.84. The number of allylic oxidation sites excluding steroid dienone is 2. The first-order valence-corrected chi connectivity index (χ1v) is 11.2. The summed E-state index contributed by atoms with van der Waals surface area (Å²) < 4.78 is 1.94. The van der Waals surface area contributed by atoms with Crippen LogP contribution in [0, 0.1) is 12.3 Å². The molecule has 1 atom stereocenters. The molecule has 2 aromatic heterocycles. The van der Waals surface area contributed by atoms with Gasteiger partial charge in [-0.1, -0.05) is 27.7 Å². The van der Waals surface area contributed by atoms with Gasteiger partial charge in [0, 0.05) is 51.1 Å². The Balaban J connectivity index is 0.000000994. The third kappa shape index (κ3) is 3.21. The summed E-state index contributed by atoms with van der Waals surface area (Å²) in [5, 5.41) is 9.21. The second-order valence-corrected chi connectivity index (χ2v) is 9.89. The smallest absolute Gasteiger partial charge is 0.162 e. The van der Waals surface area contributed by atoms with E-state index in [-0.39, 0.29) is 17.1 Å². The maximum absolute atomic E-state index is 13.3. The van der Waals surface area contributed by atoms with E-state index < -0.39 is 0 Å². The number of rotatable bonds is 1. The Morgan fingerprint density at radius 3 is 2.62 bits per heavy atom. The summed E-state index contributed by atoms with van der Waals surface area (Å²) in [6, 6.07) is 8.60. The number of carbonyl (C=O) groups is 1. The van der Waals surface area contributed by atoms with Gasteiger partial charge < -0.3 is 5.32 Å². The first-order valence-electron chi connectivity index (χ1n) is 10.4. The van der Waals surface area contributed by atoms with Crippen molar-refractivity contribution < 1.29 is 4.79 Å². The second kappa shape index (κ2) is 7.13. The summed E-state index contributed by atoms with van der Waals surface area (Å²) >= 11 is 1.79. The first kappa shape index (κ1) is 19.9. The van der Waals surface area contributed by atoms with E-state index in [2.05, 4.69) is 55.5 Å². The van der Waals surface area contributed by atoms with E-state index >= 15 is 0 Å². The molecule has 0 spiro atoms. The molecule has 5 rings (SSSR count). The van der Waals surface area contributed by atoms with Gasteiger partial charge in [-0.15, -0.1) is 11.3 Å². The quantitative estimate of drug-likeness (QED) is 0.525. The molecule has 1 aliphatic carbocycles. The Morgan fingerprint density at radius 2 is 1.93 bits per heavy atom. The number of aryl methyl sites for hydroxylation is 2. The van der Waals surface area contributed by atoms with Crippen molar-refractivity contribution >= 4 is 33.7 Å². The standard InChI is InChI=1S/C22H23N3OS.C2H6/c1-12-5-8-17(27-12)20-18-15(9-22(2,3)10-16(18)26)24-14-7-6-13-11-23-25(4)21(13)19(14)20;1-2/h5-8,11,20,24H,9-10H2,1-4H3;1-2H3. The number of Topliss-reactive ketones (excluding diaryl/α,β-unsaturated/α-hetero) is 1. The Hall–Kier alpha value is -2.40. The van der Waals surface area contributed by atoms with Crippen molar-refractivity contribution in [1.82, 2.24) is 9.78 Å². The molecule has 1 aliphatic heterocycles. The second-order valence-electron chi connectivity index (χ2n) is 8.57. The monoisotopic (exact) mass is 407 g/mol. The van der Waals surface area contributed by atoms with Gasteiger partial charge in [0.15, 0.2) is 5.78 Å². The van der Waals surface area contributed by atoms with E-state index in [1.807, 2.05) is 31.8 Å². The van der Waals surface area contributed by atoms with Gasteiger partial charge in [0.05, 0.1) is 17.6 Å². The van der Waals surface area contributed by atoms with Crippen LogP contribution in [0.25, 0.3) is 10.9 Å². The highest BCUT2D eigenvalue weighted by Crippen LogP contribution is 2.51. The highest BCUT2D eigenvalue weighted by Gasteiger charge is 2.42. The normalized spacial score (nSPS) is 19.9. The molecule has 29 heavy (non-hydrogen) atoms. The Bertz CT molecular complexity index is 1130. The molecule has 3 heterocycles. The summed E-state index contributed by atoms with van der Waals surface area (Å²) in [6.07, 6.45) is 3.41. The van der Waals surface area contributed by atoms with E-state index in [1.54, 1.807) is 11.3 Å². The molecular formula is C24H29N3OS.